The molecule has 3 atom stereocenters. The van der Waals surface area contributed by atoms with Gasteiger partial charge in [0.05, 0.1) is 18.8 Å². The van der Waals surface area contributed by atoms with Gasteiger partial charge in [0.25, 0.3) is 5.56 Å². The van der Waals surface area contributed by atoms with Gasteiger partial charge in [-0.3, -0.25) is 18.9 Å². The molecule has 1 fully saturated rings. The Morgan fingerprint density at radius 3 is 2.91 bits per heavy atom. The second-order valence-electron chi connectivity index (χ2n) is 4.90. The molecule has 2 heterocycles. The molecule has 23 heavy (non-hydrogen) atoms. The molecule has 2 rings (SSSR count). The average molecular weight is 347 g/mol. The van der Waals surface area contributed by atoms with Gasteiger partial charge in [-0.25, -0.2) is 9.36 Å². The number of ether oxygens (including phenoxy) is 1. The molecular formula is C10H14N5O7P. The molecule has 0 radical (unpaired) electrons. The standard InChI is InChI=1S/C10H14N5O7P/c1-5-3-15(10(17)12-9(5)16)8-2-6(13-14-11)7(22-8)4-21-23(18,19)20/h3,6-8H,2,4H2,1H3,(H,12,16,17)(H2,18,19,20)/t6-,7-,8-/m1/s1. The van der Waals surface area contributed by atoms with Crippen LogP contribution in [0.3, 0.4) is 0 Å². The van der Waals surface area contributed by atoms with Crippen molar-refractivity contribution in [3.63, 3.8) is 0 Å². The van der Waals surface area contributed by atoms with E-state index in [-0.39, 0.29) is 12.0 Å². The van der Waals surface area contributed by atoms with E-state index >= 15 is 0 Å². The van der Waals surface area contributed by atoms with Gasteiger partial charge < -0.3 is 14.5 Å². The minimum atomic E-state index is -4.71. The number of hydrogen-bond acceptors (Lipinski definition) is 6. The number of hydrogen-bond donors (Lipinski definition) is 3. The minimum absolute atomic E-state index is 0.0879. The third kappa shape index (κ3) is 4.29. The number of phosphoric acid groups is 1. The van der Waals surface area contributed by atoms with Crippen LogP contribution in [0, 0.1) is 6.92 Å². The van der Waals surface area contributed by atoms with Crippen molar-refractivity contribution < 1.29 is 23.6 Å². The quantitative estimate of drug-likeness (QED) is 0.288. The summed E-state index contributed by atoms with van der Waals surface area (Å²) < 4.78 is 21.7. The van der Waals surface area contributed by atoms with Gasteiger partial charge in [0.1, 0.15) is 6.23 Å². The van der Waals surface area contributed by atoms with Crippen molar-refractivity contribution in [2.24, 2.45) is 5.11 Å². The number of rotatable bonds is 5. The molecule has 0 amide bonds. The Hall–Kier alpha value is -1.94. The lowest BCUT2D eigenvalue weighted by atomic mass is 10.1. The van der Waals surface area contributed by atoms with Crippen LogP contribution in [0.5, 0.6) is 0 Å². The van der Waals surface area contributed by atoms with Gasteiger partial charge in [0.15, 0.2) is 0 Å². The summed E-state index contributed by atoms with van der Waals surface area (Å²) in [4.78, 5) is 45.4. The lowest BCUT2D eigenvalue weighted by molar-refractivity contribution is -0.0268. The van der Waals surface area contributed by atoms with E-state index < -0.39 is 44.1 Å². The molecule has 1 aromatic heterocycles. The van der Waals surface area contributed by atoms with Crippen LogP contribution in [-0.2, 0) is 13.8 Å². The van der Waals surface area contributed by atoms with Crippen molar-refractivity contribution in [1.82, 2.24) is 9.55 Å². The average Bonchev–Trinajstić information content (AvgIpc) is 2.83. The molecule has 0 spiro atoms. The van der Waals surface area contributed by atoms with E-state index in [9.17, 15) is 14.2 Å². The normalized spacial score (nSPS) is 24.4. The number of aryl methyl sites for hydroxylation is 1. The third-order valence-electron chi connectivity index (χ3n) is 3.27. The van der Waals surface area contributed by atoms with Gasteiger partial charge in [-0.1, -0.05) is 5.11 Å². The number of phosphoric ester groups is 1. The molecule has 0 aliphatic carbocycles. The van der Waals surface area contributed by atoms with Gasteiger partial charge in [-0.05, 0) is 12.5 Å². The number of nitrogens with one attached hydrogen (secondary N) is 1. The Kier molecular flexibility index (Phi) is 5.05. The first-order valence-electron chi connectivity index (χ1n) is 6.43. The molecule has 0 aromatic carbocycles. The zero-order valence-electron chi connectivity index (χ0n) is 11.9. The molecule has 1 saturated heterocycles. The van der Waals surface area contributed by atoms with Gasteiger partial charge in [-0.15, -0.1) is 0 Å². The van der Waals surface area contributed by atoms with E-state index in [2.05, 4.69) is 19.5 Å². The van der Waals surface area contributed by atoms with Crippen molar-refractivity contribution in [1.29, 1.82) is 0 Å². The van der Waals surface area contributed by atoms with Gasteiger partial charge in [0.2, 0.25) is 0 Å². The SMILES string of the molecule is Cc1cn([C@H]2C[C@@H](N=[N+]=[N-])[C@@H](COP(=O)(O)O)O2)c(=O)[nH]c1=O. The van der Waals surface area contributed by atoms with E-state index in [0.29, 0.717) is 0 Å². The monoisotopic (exact) mass is 347 g/mol. The summed E-state index contributed by atoms with van der Waals surface area (Å²) in [6.07, 6.45) is -0.419. The number of azide groups is 1. The molecule has 1 aliphatic heterocycles. The van der Waals surface area contributed by atoms with Gasteiger partial charge >= 0.3 is 13.5 Å². The molecule has 1 aliphatic rings. The van der Waals surface area contributed by atoms with E-state index in [0.717, 1.165) is 4.57 Å². The summed E-state index contributed by atoms with van der Waals surface area (Å²) in [5.41, 5.74) is 7.60. The van der Waals surface area contributed by atoms with Crippen molar-refractivity contribution in [3.8, 4) is 0 Å². The Morgan fingerprint density at radius 2 is 2.30 bits per heavy atom. The first-order chi connectivity index (χ1) is 10.7. The smallest absolute Gasteiger partial charge is 0.352 e. The molecule has 12 nitrogen and oxygen atoms in total. The van der Waals surface area contributed by atoms with Crippen molar-refractivity contribution in [2.45, 2.75) is 31.7 Å². The third-order valence-corrected chi connectivity index (χ3v) is 3.75. The highest BCUT2D eigenvalue weighted by Crippen LogP contribution is 2.38. The van der Waals surface area contributed by atoms with Crippen LogP contribution in [0.15, 0.2) is 20.9 Å². The fourth-order valence-electron chi connectivity index (χ4n) is 2.19. The fourth-order valence-corrected chi connectivity index (χ4v) is 2.54. The van der Waals surface area contributed by atoms with E-state index in [4.69, 9.17) is 20.1 Å². The molecule has 0 saturated carbocycles. The first-order valence-corrected chi connectivity index (χ1v) is 7.96. The van der Waals surface area contributed by atoms with Gasteiger partial charge in [-0.2, -0.15) is 0 Å². The minimum Gasteiger partial charge on any atom is -0.352 e. The summed E-state index contributed by atoms with van der Waals surface area (Å²) in [5, 5.41) is 3.49. The molecule has 3 N–H and O–H groups in total. The molecule has 13 heteroatoms. The summed E-state index contributed by atoms with van der Waals surface area (Å²) in [6, 6.07) is -0.782. The van der Waals surface area contributed by atoms with Crippen LogP contribution in [0.4, 0.5) is 0 Å². The topological polar surface area (TPSA) is 180 Å². The van der Waals surface area contributed by atoms with Crippen molar-refractivity contribution in [3.05, 3.63) is 43.0 Å². The zero-order valence-corrected chi connectivity index (χ0v) is 12.8. The number of aromatic amines is 1. The van der Waals surface area contributed by atoms with E-state index in [1.807, 2.05) is 0 Å². The second-order valence-corrected chi connectivity index (χ2v) is 6.14. The maximum atomic E-state index is 11.8. The number of aromatic nitrogens is 2. The second kappa shape index (κ2) is 6.67. The van der Waals surface area contributed by atoms with Crippen LogP contribution in [0.1, 0.15) is 18.2 Å². The Morgan fingerprint density at radius 1 is 1.61 bits per heavy atom. The molecule has 1 aromatic rings. The predicted molar refractivity (Wildman–Crippen MR) is 75.5 cm³/mol. The zero-order chi connectivity index (χ0) is 17.2. The Bertz CT molecular complexity index is 792. The summed E-state index contributed by atoms with van der Waals surface area (Å²) in [5.74, 6) is 0. The van der Waals surface area contributed by atoms with E-state index in [1.54, 1.807) is 0 Å². The Balaban J connectivity index is 2.24. The predicted octanol–water partition coefficient (Wildman–Crippen LogP) is -0.0793. The van der Waals surface area contributed by atoms with Crippen molar-refractivity contribution in [2.75, 3.05) is 6.61 Å². The van der Waals surface area contributed by atoms with Crippen LogP contribution in [-0.4, -0.2) is 38.1 Å². The first kappa shape index (κ1) is 17.4. The fraction of sp³-hybridized carbons (Fsp3) is 0.600. The molecule has 0 unspecified atom stereocenters. The lowest BCUT2D eigenvalue weighted by Crippen LogP contribution is -2.33. The highest BCUT2D eigenvalue weighted by molar-refractivity contribution is 7.46. The van der Waals surface area contributed by atoms with Crippen LogP contribution in [0.2, 0.25) is 0 Å². The largest absolute Gasteiger partial charge is 0.469 e. The Labute approximate surface area is 128 Å². The molecule has 126 valence electrons. The van der Waals surface area contributed by atoms with Gasteiger partial charge in [0, 0.05) is 23.1 Å². The van der Waals surface area contributed by atoms with E-state index in [1.165, 1.54) is 13.1 Å². The summed E-state index contributed by atoms with van der Waals surface area (Å²) in [6.45, 7) is 0.991. The molecular weight excluding hydrogens is 333 g/mol. The lowest BCUT2D eigenvalue weighted by Gasteiger charge is -2.17. The van der Waals surface area contributed by atoms with Crippen LogP contribution in [0.25, 0.3) is 10.4 Å². The number of H-pyrrole nitrogens is 1. The highest BCUT2D eigenvalue weighted by atomic mass is 31.2. The molecule has 0 bridgehead atoms. The number of nitrogens with zero attached hydrogens (tertiary/aromatic N) is 4. The highest BCUT2D eigenvalue weighted by Gasteiger charge is 2.37. The maximum Gasteiger partial charge on any atom is 0.469 e. The van der Waals surface area contributed by atoms with Crippen molar-refractivity contribution >= 4 is 7.82 Å². The van der Waals surface area contributed by atoms with Crippen LogP contribution >= 0.6 is 7.82 Å². The van der Waals surface area contributed by atoms with Crippen LogP contribution < -0.4 is 11.2 Å². The maximum absolute atomic E-state index is 11.8. The summed E-state index contributed by atoms with van der Waals surface area (Å²) in [7, 11) is -4.71. The summed E-state index contributed by atoms with van der Waals surface area (Å²) >= 11 is 0.